The topological polar surface area (TPSA) is 113 Å². The zero-order valence-electron chi connectivity index (χ0n) is 23.6. The van der Waals surface area contributed by atoms with Gasteiger partial charge in [0.15, 0.2) is 9.75 Å². The summed E-state index contributed by atoms with van der Waals surface area (Å²) in [6.45, 7) is 2.02. The van der Waals surface area contributed by atoms with Gasteiger partial charge in [-0.1, -0.05) is 46.6 Å². The Morgan fingerprint density at radius 1 is 1.00 bits per heavy atom. The van der Waals surface area contributed by atoms with Gasteiger partial charge in [-0.2, -0.15) is 0 Å². The predicted molar refractivity (Wildman–Crippen MR) is 163 cm³/mol. The Bertz CT molecular complexity index is 1600. The second-order valence-corrected chi connectivity index (χ2v) is 13.0. The van der Waals surface area contributed by atoms with Gasteiger partial charge in [0.1, 0.15) is 17.2 Å². The minimum Gasteiger partial charge on any atom is -0.507 e. The molecule has 6 rings (SSSR count). The minimum atomic E-state index is -2.07. The Morgan fingerprint density at radius 3 is 2.30 bits per heavy atom. The molecule has 0 bridgehead atoms. The Labute approximate surface area is 266 Å². The van der Waals surface area contributed by atoms with E-state index in [0.717, 1.165) is 16.9 Å². The van der Waals surface area contributed by atoms with E-state index in [2.05, 4.69) is 15.9 Å². The average molecular weight is 692 g/mol. The van der Waals surface area contributed by atoms with Crippen LogP contribution in [0.15, 0.2) is 48.0 Å². The fraction of sp³-hybridized carbons (Fsp3) is 0.419. The molecular formula is C31H29BrCl2N2O7. The molecule has 9 nitrogen and oxygen atoms in total. The summed E-state index contributed by atoms with van der Waals surface area (Å²) in [5.41, 5.74) is 2.07. The molecule has 2 aromatic carbocycles. The van der Waals surface area contributed by atoms with E-state index < -0.39 is 51.1 Å². The predicted octanol–water partition coefficient (Wildman–Crippen LogP) is 4.89. The Balaban J connectivity index is 1.54. The molecule has 2 heterocycles. The van der Waals surface area contributed by atoms with E-state index in [1.165, 1.54) is 31.3 Å². The minimum absolute atomic E-state index is 0.138. The van der Waals surface area contributed by atoms with Gasteiger partial charge in [-0.25, -0.2) is 0 Å². The molecule has 0 radical (unpaired) electrons. The third-order valence-corrected chi connectivity index (χ3v) is 11.4. The lowest BCUT2D eigenvalue weighted by molar-refractivity contribution is -0.138. The largest absolute Gasteiger partial charge is 0.507 e. The number of anilines is 1. The molecule has 43 heavy (non-hydrogen) atoms. The second kappa shape index (κ2) is 10.5. The Hall–Kier alpha value is -3.08. The van der Waals surface area contributed by atoms with Crippen LogP contribution in [0.3, 0.4) is 0 Å². The first kappa shape index (κ1) is 30.0. The number of likely N-dealkylation sites (tertiary alicyclic amines) is 1. The summed E-state index contributed by atoms with van der Waals surface area (Å²) in [5.74, 6) is -5.48. The van der Waals surface area contributed by atoms with E-state index in [4.69, 9.17) is 32.7 Å². The lowest BCUT2D eigenvalue weighted by Gasteiger charge is -2.51. The van der Waals surface area contributed by atoms with Crippen LogP contribution < -0.4 is 14.4 Å². The fourth-order valence-corrected chi connectivity index (χ4v) is 8.78. The molecule has 3 fully saturated rings. The van der Waals surface area contributed by atoms with Crippen LogP contribution in [0.1, 0.15) is 36.8 Å². The molecule has 0 spiro atoms. The van der Waals surface area contributed by atoms with Gasteiger partial charge in [-0.15, -0.1) is 23.2 Å². The highest BCUT2D eigenvalue weighted by Crippen LogP contribution is 2.67. The van der Waals surface area contributed by atoms with Crippen molar-refractivity contribution >= 4 is 68.4 Å². The van der Waals surface area contributed by atoms with E-state index in [9.17, 15) is 24.3 Å². The number of allylic oxidation sites excluding steroid dienone is 2. The molecule has 0 aromatic heterocycles. The summed E-state index contributed by atoms with van der Waals surface area (Å²) in [4.78, 5) is 53.8. The number of phenolic OH excluding ortho intramolecular Hbond substituents is 1. The van der Waals surface area contributed by atoms with E-state index in [1.807, 2.05) is 25.1 Å². The van der Waals surface area contributed by atoms with Gasteiger partial charge in [0.2, 0.25) is 11.8 Å². The quantitative estimate of drug-likeness (QED) is 0.199. The lowest BCUT2D eigenvalue weighted by atomic mass is 9.56. The van der Waals surface area contributed by atoms with Gasteiger partial charge < -0.3 is 14.6 Å². The molecule has 4 aliphatic rings. The van der Waals surface area contributed by atoms with Crippen LogP contribution in [-0.4, -0.2) is 63.1 Å². The van der Waals surface area contributed by atoms with E-state index in [0.29, 0.717) is 17.0 Å². The average Bonchev–Trinajstić information content (AvgIpc) is 3.34. The van der Waals surface area contributed by atoms with Crippen LogP contribution in [0.5, 0.6) is 17.2 Å². The number of phenols is 1. The van der Waals surface area contributed by atoms with E-state index in [-0.39, 0.29) is 41.3 Å². The number of alkyl halides is 3. The highest BCUT2D eigenvalue weighted by molar-refractivity contribution is 9.09. The van der Waals surface area contributed by atoms with Crippen molar-refractivity contribution in [3.05, 3.63) is 59.2 Å². The van der Waals surface area contributed by atoms with Crippen molar-refractivity contribution in [2.75, 3.05) is 24.6 Å². The third kappa shape index (κ3) is 3.95. The van der Waals surface area contributed by atoms with Gasteiger partial charge in [0.25, 0.3) is 11.8 Å². The number of methoxy groups -OCH3 is 2. The van der Waals surface area contributed by atoms with Crippen molar-refractivity contribution in [1.82, 2.24) is 4.90 Å². The molecule has 12 heteroatoms. The monoisotopic (exact) mass is 690 g/mol. The highest BCUT2D eigenvalue weighted by atomic mass is 79.9. The number of aryl methyl sites for hydroxylation is 1. The van der Waals surface area contributed by atoms with Crippen LogP contribution in [0.2, 0.25) is 0 Å². The lowest BCUT2D eigenvalue weighted by Crippen LogP contribution is -2.60. The number of halogens is 3. The van der Waals surface area contributed by atoms with Crippen LogP contribution in [-0.2, 0) is 25.6 Å². The molecule has 6 atom stereocenters. The normalized spacial score (nSPS) is 31.5. The molecule has 2 aromatic rings. The smallest absolute Gasteiger partial charge is 0.254 e. The molecule has 4 amide bonds. The maximum atomic E-state index is 14.2. The van der Waals surface area contributed by atoms with Gasteiger partial charge in [0, 0.05) is 23.6 Å². The number of hydrogen-bond acceptors (Lipinski definition) is 7. The highest BCUT2D eigenvalue weighted by Gasteiger charge is 2.76. The summed E-state index contributed by atoms with van der Waals surface area (Å²) >= 11 is 17.8. The van der Waals surface area contributed by atoms with Gasteiger partial charge >= 0.3 is 0 Å². The maximum absolute atomic E-state index is 14.2. The van der Waals surface area contributed by atoms with Crippen molar-refractivity contribution in [3.8, 4) is 17.2 Å². The molecule has 2 aliphatic heterocycles. The molecular weight excluding hydrogens is 663 g/mol. The van der Waals surface area contributed by atoms with Crippen LogP contribution in [0.4, 0.5) is 5.69 Å². The SMILES string of the molecule is CCc1ccc(N2C(=O)[C@H]3[C@H](CC=C4[C@H]3C[C@@]3(Cl)C(=O)N(CBr)C(=O)[C@@]3(Cl)[C@H]4c3c(O)cc(OC)cc3OC)C2=O)cc1. The molecule has 1 N–H and O–H groups in total. The van der Waals surface area contributed by atoms with Crippen LogP contribution in [0, 0.1) is 17.8 Å². The number of imide groups is 2. The van der Waals surface area contributed by atoms with Gasteiger partial charge in [-0.05, 0) is 42.9 Å². The number of benzene rings is 2. The van der Waals surface area contributed by atoms with E-state index in [1.54, 1.807) is 12.1 Å². The number of nitrogens with zero attached hydrogens (tertiary/aromatic N) is 2. The summed E-state index contributed by atoms with van der Waals surface area (Å²) in [6.07, 6.45) is 2.66. The van der Waals surface area contributed by atoms with Crippen molar-refractivity contribution in [2.45, 2.75) is 41.9 Å². The molecule has 0 unspecified atom stereocenters. The maximum Gasteiger partial charge on any atom is 0.254 e. The summed E-state index contributed by atoms with van der Waals surface area (Å²) in [6, 6.07) is 10.2. The second-order valence-electron chi connectivity index (χ2n) is 11.3. The number of carbonyl (C=O) groups is 4. The van der Waals surface area contributed by atoms with Gasteiger partial charge in [-0.3, -0.25) is 29.0 Å². The fourth-order valence-electron chi connectivity index (χ4n) is 7.37. The number of carbonyl (C=O) groups excluding carboxylic acids is 4. The van der Waals surface area contributed by atoms with Gasteiger partial charge in [0.05, 0.1) is 37.2 Å². The Kier molecular flexibility index (Phi) is 7.34. The number of hydrogen-bond donors (Lipinski definition) is 1. The van der Waals surface area contributed by atoms with Crippen molar-refractivity contribution in [1.29, 1.82) is 0 Å². The zero-order valence-corrected chi connectivity index (χ0v) is 26.7. The number of amides is 4. The number of aromatic hydroxyl groups is 1. The standard InChI is InChI=1S/C31H29BrCl2N2O7/c1-4-15-5-7-16(8-6-15)36-26(38)19-10-9-18-20(23(19)27(36)39)13-30(33)28(40)35(14-32)29(41)31(30,34)25(18)24-21(37)11-17(42-2)12-22(24)43-3/h5-9,11-12,19-20,23,25,37H,4,10,13-14H2,1-3H3/t19-,20+,23-,25+,30+,31-/m0/s1. The number of fused-ring (bicyclic) bond motifs is 4. The van der Waals surface area contributed by atoms with Crippen LogP contribution in [0.25, 0.3) is 0 Å². The van der Waals surface area contributed by atoms with Crippen molar-refractivity contribution < 1.29 is 33.8 Å². The van der Waals surface area contributed by atoms with Crippen molar-refractivity contribution in [2.24, 2.45) is 17.8 Å². The molecule has 1 saturated carbocycles. The summed E-state index contributed by atoms with van der Waals surface area (Å²) in [7, 11) is 2.82. The summed E-state index contributed by atoms with van der Waals surface area (Å²) in [5, 5.41) is 11.3. The van der Waals surface area contributed by atoms with Crippen LogP contribution >= 0.6 is 39.1 Å². The third-order valence-electron chi connectivity index (χ3n) is 9.46. The molecule has 226 valence electrons. The first-order chi connectivity index (χ1) is 20.5. The molecule has 2 saturated heterocycles. The molecule has 2 aliphatic carbocycles. The Morgan fingerprint density at radius 2 is 1.70 bits per heavy atom. The number of ether oxygens (including phenoxy) is 2. The van der Waals surface area contributed by atoms with Crippen molar-refractivity contribution in [3.63, 3.8) is 0 Å². The van der Waals surface area contributed by atoms with E-state index >= 15 is 0 Å². The first-order valence-electron chi connectivity index (χ1n) is 13.9. The first-order valence-corrected chi connectivity index (χ1v) is 15.8. The summed E-state index contributed by atoms with van der Waals surface area (Å²) < 4.78 is 10.9. The zero-order chi connectivity index (χ0) is 31.0. The number of rotatable bonds is 6.